The van der Waals surface area contributed by atoms with Gasteiger partial charge in [0.05, 0.1) is 25.0 Å². The van der Waals surface area contributed by atoms with Crippen molar-refractivity contribution in [3.63, 3.8) is 0 Å². The fourth-order valence-electron chi connectivity index (χ4n) is 3.34. The zero-order chi connectivity index (χ0) is 18.7. The van der Waals surface area contributed by atoms with E-state index >= 15 is 0 Å². The van der Waals surface area contributed by atoms with Crippen LogP contribution in [0.3, 0.4) is 0 Å². The molecular formula is C17H26N6O3. The quantitative estimate of drug-likeness (QED) is 0.799. The predicted molar refractivity (Wildman–Crippen MR) is 95.7 cm³/mol. The van der Waals surface area contributed by atoms with Gasteiger partial charge in [-0.15, -0.1) is 0 Å². The lowest BCUT2D eigenvalue weighted by Crippen LogP contribution is -2.50. The molecule has 0 spiro atoms. The van der Waals surface area contributed by atoms with Crippen LogP contribution in [0.4, 0.5) is 4.79 Å². The molecule has 9 heteroatoms. The molecule has 0 radical (unpaired) electrons. The van der Waals surface area contributed by atoms with Gasteiger partial charge in [0, 0.05) is 39.1 Å². The summed E-state index contributed by atoms with van der Waals surface area (Å²) >= 11 is 0. The molecule has 3 rings (SSSR count). The van der Waals surface area contributed by atoms with Crippen LogP contribution in [0.15, 0.2) is 6.20 Å². The minimum Gasteiger partial charge on any atom is -0.450 e. The molecule has 2 amide bonds. The fraction of sp³-hybridized carbons (Fsp3) is 0.647. The first-order valence-corrected chi connectivity index (χ1v) is 9.13. The average molecular weight is 362 g/mol. The molecule has 9 nitrogen and oxygen atoms in total. The second-order valence-corrected chi connectivity index (χ2v) is 6.32. The largest absolute Gasteiger partial charge is 0.450 e. The molecule has 2 aromatic heterocycles. The molecule has 142 valence electrons. The lowest BCUT2D eigenvalue weighted by Gasteiger charge is -2.34. The number of aromatic nitrogens is 4. The van der Waals surface area contributed by atoms with Gasteiger partial charge in [-0.2, -0.15) is 10.2 Å². The number of amides is 2. The van der Waals surface area contributed by atoms with E-state index < -0.39 is 0 Å². The summed E-state index contributed by atoms with van der Waals surface area (Å²) in [6, 6.07) is 0. The molecule has 1 aliphatic heterocycles. The van der Waals surface area contributed by atoms with Crippen LogP contribution in [0.2, 0.25) is 0 Å². The van der Waals surface area contributed by atoms with E-state index in [1.54, 1.807) is 22.9 Å². The van der Waals surface area contributed by atoms with Crippen molar-refractivity contribution in [2.45, 2.75) is 40.3 Å². The molecule has 0 aromatic carbocycles. The normalized spacial score (nSPS) is 14.9. The molecule has 3 heterocycles. The first-order chi connectivity index (χ1) is 12.5. The van der Waals surface area contributed by atoms with Gasteiger partial charge in [0.1, 0.15) is 11.0 Å². The van der Waals surface area contributed by atoms with Crippen LogP contribution in [0.25, 0.3) is 11.0 Å². The van der Waals surface area contributed by atoms with E-state index in [-0.39, 0.29) is 12.0 Å². The summed E-state index contributed by atoms with van der Waals surface area (Å²) in [5.41, 5.74) is 2.92. The smallest absolute Gasteiger partial charge is 0.409 e. The Labute approximate surface area is 152 Å². The van der Waals surface area contributed by atoms with Crippen LogP contribution in [-0.4, -0.2) is 74.1 Å². The predicted octanol–water partition coefficient (Wildman–Crippen LogP) is 1.25. The van der Waals surface area contributed by atoms with Gasteiger partial charge in [0.25, 0.3) is 0 Å². The van der Waals surface area contributed by atoms with Gasteiger partial charge in [0.15, 0.2) is 0 Å². The van der Waals surface area contributed by atoms with Crippen molar-refractivity contribution in [2.24, 2.45) is 0 Å². The molecule has 1 aliphatic rings. The molecule has 0 N–H and O–H groups in total. The van der Waals surface area contributed by atoms with Crippen LogP contribution < -0.4 is 0 Å². The van der Waals surface area contributed by atoms with Crippen LogP contribution in [0, 0.1) is 6.92 Å². The van der Waals surface area contributed by atoms with Crippen molar-refractivity contribution in [1.29, 1.82) is 0 Å². The molecule has 2 aromatic rings. The van der Waals surface area contributed by atoms with E-state index in [1.807, 2.05) is 23.2 Å². The SMILES string of the molecule is CCOC(=O)N1CCN(C(=O)CCn2ncc3c2c(C)nn3CC)CC1. The number of ether oxygens (including phenoxy) is 1. The number of hydrogen-bond acceptors (Lipinski definition) is 5. The van der Waals surface area contributed by atoms with Gasteiger partial charge in [0.2, 0.25) is 5.91 Å². The highest BCUT2D eigenvalue weighted by Crippen LogP contribution is 2.18. The third-order valence-electron chi connectivity index (χ3n) is 4.71. The summed E-state index contributed by atoms with van der Waals surface area (Å²) in [6.07, 6.45) is 1.89. The molecule has 0 atom stereocenters. The number of aryl methyl sites for hydroxylation is 3. The maximum Gasteiger partial charge on any atom is 0.409 e. The molecule has 0 bridgehead atoms. The Morgan fingerprint density at radius 3 is 2.46 bits per heavy atom. The summed E-state index contributed by atoms with van der Waals surface area (Å²) in [7, 11) is 0. The molecule has 0 aliphatic carbocycles. The first-order valence-electron chi connectivity index (χ1n) is 9.13. The average Bonchev–Trinajstić information content (AvgIpc) is 3.21. The Balaban J connectivity index is 1.55. The zero-order valence-corrected chi connectivity index (χ0v) is 15.6. The summed E-state index contributed by atoms with van der Waals surface area (Å²) < 4.78 is 8.78. The molecular weight excluding hydrogens is 336 g/mol. The summed E-state index contributed by atoms with van der Waals surface area (Å²) in [4.78, 5) is 27.7. The first kappa shape index (κ1) is 18.2. The highest BCUT2D eigenvalue weighted by atomic mass is 16.6. The topological polar surface area (TPSA) is 85.5 Å². The highest BCUT2D eigenvalue weighted by Gasteiger charge is 2.25. The van der Waals surface area contributed by atoms with Crippen molar-refractivity contribution in [3.05, 3.63) is 11.9 Å². The number of hydrogen-bond donors (Lipinski definition) is 0. The monoisotopic (exact) mass is 362 g/mol. The van der Waals surface area contributed by atoms with Gasteiger partial charge in [-0.25, -0.2) is 4.79 Å². The lowest BCUT2D eigenvalue weighted by molar-refractivity contribution is -0.133. The second-order valence-electron chi connectivity index (χ2n) is 6.32. The van der Waals surface area contributed by atoms with Crippen molar-refractivity contribution in [2.75, 3.05) is 32.8 Å². The summed E-state index contributed by atoms with van der Waals surface area (Å²) in [5.74, 6) is 0.0812. The maximum atomic E-state index is 12.5. The number of nitrogens with zero attached hydrogens (tertiary/aromatic N) is 6. The Morgan fingerprint density at radius 2 is 1.81 bits per heavy atom. The van der Waals surface area contributed by atoms with Gasteiger partial charge in [-0.05, 0) is 20.8 Å². The van der Waals surface area contributed by atoms with Crippen LogP contribution in [0.5, 0.6) is 0 Å². The summed E-state index contributed by atoms with van der Waals surface area (Å²) in [5, 5.41) is 8.91. The fourth-order valence-corrected chi connectivity index (χ4v) is 3.34. The molecule has 0 unspecified atom stereocenters. The number of piperazine rings is 1. The maximum absolute atomic E-state index is 12.5. The number of rotatable bonds is 5. The van der Waals surface area contributed by atoms with Crippen molar-refractivity contribution < 1.29 is 14.3 Å². The second kappa shape index (κ2) is 7.76. The van der Waals surface area contributed by atoms with E-state index in [2.05, 4.69) is 10.2 Å². The van der Waals surface area contributed by atoms with E-state index in [1.165, 1.54) is 0 Å². The number of carbonyl (C=O) groups excluding carboxylic acids is 2. The van der Waals surface area contributed by atoms with Gasteiger partial charge in [-0.1, -0.05) is 0 Å². The Bertz CT molecular complexity index is 788. The van der Waals surface area contributed by atoms with Gasteiger partial charge < -0.3 is 14.5 Å². The van der Waals surface area contributed by atoms with E-state index in [0.717, 1.165) is 23.3 Å². The highest BCUT2D eigenvalue weighted by molar-refractivity contribution is 5.79. The minimum atomic E-state index is -0.304. The van der Waals surface area contributed by atoms with Crippen molar-refractivity contribution in [1.82, 2.24) is 29.4 Å². The van der Waals surface area contributed by atoms with Gasteiger partial charge >= 0.3 is 6.09 Å². The minimum absolute atomic E-state index is 0.0812. The van der Waals surface area contributed by atoms with Gasteiger partial charge in [-0.3, -0.25) is 14.2 Å². The standard InChI is InChI=1S/C17H26N6O3/c1-4-22-14-12-18-23(16(14)13(3)19-22)7-6-15(24)20-8-10-21(11-9-20)17(25)26-5-2/h12H,4-11H2,1-3H3. The van der Waals surface area contributed by atoms with E-state index in [9.17, 15) is 9.59 Å². The van der Waals surface area contributed by atoms with Crippen molar-refractivity contribution in [3.8, 4) is 0 Å². The Kier molecular flexibility index (Phi) is 5.43. The third-order valence-corrected chi connectivity index (χ3v) is 4.71. The van der Waals surface area contributed by atoms with Crippen LogP contribution >= 0.6 is 0 Å². The third kappa shape index (κ3) is 3.51. The lowest BCUT2D eigenvalue weighted by atomic mass is 10.3. The number of fused-ring (bicyclic) bond motifs is 1. The summed E-state index contributed by atoms with van der Waals surface area (Å²) in [6.45, 7) is 9.58. The molecule has 0 saturated carbocycles. The van der Waals surface area contributed by atoms with E-state index in [0.29, 0.717) is 45.8 Å². The molecule has 26 heavy (non-hydrogen) atoms. The van der Waals surface area contributed by atoms with Crippen LogP contribution in [0.1, 0.15) is 26.0 Å². The molecule has 1 saturated heterocycles. The number of carbonyl (C=O) groups is 2. The van der Waals surface area contributed by atoms with E-state index in [4.69, 9.17) is 4.74 Å². The van der Waals surface area contributed by atoms with Crippen LogP contribution in [-0.2, 0) is 22.6 Å². The Morgan fingerprint density at radius 1 is 1.12 bits per heavy atom. The molecule has 1 fully saturated rings. The van der Waals surface area contributed by atoms with Crippen molar-refractivity contribution >= 4 is 23.0 Å². The Hall–Kier alpha value is -2.58. The zero-order valence-electron chi connectivity index (χ0n) is 15.6.